The predicted octanol–water partition coefficient (Wildman–Crippen LogP) is 3.58. The lowest BCUT2D eigenvalue weighted by molar-refractivity contribution is -0.157. The van der Waals surface area contributed by atoms with Crippen LogP contribution in [-0.4, -0.2) is 39.7 Å². The highest BCUT2D eigenvalue weighted by atomic mass is 16.5. The maximum absolute atomic E-state index is 13.0. The van der Waals surface area contributed by atoms with Crippen molar-refractivity contribution < 1.29 is 28.5 Å². The predicted molar refractivity (Wildman–Crippen MR) is 106 cm³/mol. The molecule has 4 bridgehead atoms. The summed E-state index contributed by atoms with van der Waals surface area (Å²) in [5, 5.41) is 0. The van der Waals surface area contributed by atoms with Crippen LogP contribution in [0.1, 0.15) is 44.1 Å². The number of ether oxygens (including phenoxy) is 4. The number of rotatable bonds is 8. The number of ketones is 1. The molecule has 0 aliphatic heterocycles. The maximum Gasteiger partial charge on any atom is 0.310 e. The molecule has 4 saturated carbocycles. The van der Waals surface area contributed by atoms with Gasteiger partial charge in [0, 0.05) is 5.41 Å². The molecule has 0 saturated heterocycles. The van der Waals surface area contributed by atoms with Crippen LogP contribution in [0.2, 0.25) is 0 Å². The summed E-state index contributed by atoms with van der Waals surface area (Å²) in [4.78, 5) is 25.4. The van der Waals surface area contributed by atoms with E-state index < -0.39 is 5.97 Å². The van der Waals surface area contributed by atoms with Gasteiger partial charge in [0.15, 0.2) is 23.9 Å². The molecule has 158 valence electrons. The fourth-order valence-electron chi connectivity index (χ4n) is 6.21. The minimum Gasteiger partial charge on any atom is -0.493 e. The maximum atomic E-state index is 13.0. The highest BCUT2D eigenvalue weighted by Gasteiger charge is 2.54. The summed E-state index contributed by atoms with van der Waals surface area (Å²) in [6.45, 7) is -0.116. The Balaban J connectivity index is 1.38. The van der Waals surface area contributed by atoms with Gasteiger partial charge in [-0.2, -0.15) is 0 Å². The highest BCUT2D eigenvalue weighted by molar-refractivity contribution is 5.88. The van der Waals surface area contributed by atoms with Gasteiger partial charge >= 0.3 is 5.97 Å². The van der Waals surface area contributed by atoms with Crippen LogP contribution < -0.4 is 14.2 Å². The van der Waals surface area contributed by atoms with E-state index >= 15 is 0 Å². The summed E-state index contributed by atoms with van der Waals surface area (Å²) in [6, 6.07) is 3.45. The third-order valence-electron chi connectivity index (χ3n) is 7.07. The average Bonchev–Trinajstić information content (AvgIpc) is 2.70. The molecule has 6 nitrogen and oxygen atoms in total. The van der Waals surface area contributed by atoms with Gasteiger partial charge in [-0.25, -0.2) is 0 Å². The van der Waals surface area contributed by atoms with Crippen molar-refractivity contribution in [1.29, 1.82) is 0 Å². The molecule has 4 aliphatic carbocycles. The Morgan fingerprint density at radius 3 is 1.86 bits per heavy atom. The van der Waals surface area contributed by atoms with Gasteiger partial charge in [0.25, 0.3) is 0 Å². The van der Waals surface area contributed by atoms with Crippen LogP contribution >= 0.6 is 0 Å². The zero-order valence-corrected chi connectivity index (χ0v) is 17.5. The Hall–Kier alpha value is -2.24. The number of esters is 1. The Morgan fingerprint density at radius 2 is 1.41 bits per heavy atom. The molecule has 1 aromatic rings. The molecule has 29 heavy (non-hydrogen) atoms. The summed E-state index contributed by atoms with van der Waals surface area (Å²) in [7, 11) is 4.59. The Morgan fingerprint density at radius 1 is 0.897 bits per heavy atom. The van der Waals surface area contributed by atoms with E-state index in [2.05, 4.69) is 0 Å². The summed E-state index contributed by atoms with van der Waals surface area (Å²) < 4.78 is 21.4. The van der Waals surface area contributed by atoms with Gasteiger partial charge in [-0.3, -0.25) is 9.59 Å². The summed E-state index contributed by atoms with van der Waals surface area (Å²) >= 11 is 0. The van der Waals surface area contributed by atoms with Crippen molar-refractivity contribution in [2.75, 3.05) is 27.9 Å². The van der Waals surface area contributed by atoms with Gasteiger partial charge < -0.3 is 18.9 Å². The van der Waals surface area contributed by atoms with Crippen molar-refractivity contribution >= 4 is 11.8 Å². The first-order valence-corrected chi connectivity index (χ1v) is 10.4. The molecule has 1 aromatic carbocycles. The molecule has 0 unspecified atom stereocenters. The largest absolute Gasteiger partial charge is 0.493 e. The topological polar surface area (TPSA) is 71.1 Å². The van der Waals surface area contributed by atoms with Crippen LogP contribution in [0.4, 0.5) is 0 Å². The molecule has 0 radical (unpaired) electrons. The molecule has 5 rings (SSSR count). The van der Waals surface area contributed by atoms with Crippen molar-refractivity contribution in [3.8, 4) is 17.2 Å². The van der Waals surface area contributed by atoms with Crippen LogP contribution in [0.25, 0.3) is 0 Å². The molecule has 0 amide bonds. The van der Waals surface area contributed by atoms with E-state index in [1.54, 1.807) is 12.1 Å². The van der Waals surface area contributed by atoms with Crippen LogP contribution in [0.3, 0.4) is 0 Å². The second-order valence-electron chi connectivity index (χ2n) is 8.99. The van der Waals surface area contributed by atoms with Gasteiger partial charge in [-0.15, -0.1) is 0 Å². The molecule has 0 heterocycles. The van der Waals surface area contributed by atoms with Crippen molar-refractivity contribution in [3.63, 3.8) is 0 Å². The average molecular weight is 402 g/mol. The quantitative estimate of drug-likeness (QED) is 0.619. The first-order valence-electron chi connectivity index (χ1n) is 10.4. The lowest BCUT2D eigenvalue weighted by Crippen LogP contribution is -2.51. The van der Waals surface area contributed by atoms with Crippen LogP contribution in [-0.2, 0) is 20.7 Å². The van der Waals surface area contributed by atoms with Crippen LogP contribution in [0.5, 0.6) is 17.2 Å². The SMILES string of the molecule is COc1cc(CC(=O)OCC(=O)C23CC4CC(CC(C4)C2)C3)cc(OC)c1OC. The third-order valence-corrected chi connectivity index (χ3v) is 7.07. The minimum absolute atomic E-state index is 0.0465. The fourth-order valence-corrected chi connectivity index (χ4v) is 6.21. The van der Waals surface area contributed by atoms with Gasteiger partial charge in [-0.1, -0.05) is 0 Å². The van der Waals surface area contributed by atoms with Gasteiger partial charge in [0.1, 0.15) is 0 Å². The first-order chi connectivity index (χ1) is 14.0. The van der Waals surface area contributed by atoms with Crippen molar-refractivity contribution in [2.24, 2.45) is 23.2 Å². The fraction of sp³-hybridized carbons (Fsp3) is 0.652. The number of Topliss-reactive ketones (excluding diaryl/α,β-unsaturated/α-hetero) is 1. The standard InChI is InChI=1S/C23H30O6/c1-26-18-7-14(8-19(27-2)22(18)28-3)9-21(25)29-13-20(24)23-10-15-4-16(11-23)6-17(5-15)12-23/h7-8,15-17H,4-6,9-13H2,1-3H3. The smallest absolute Gasteiger partial charge is 0.310 e. The summed E-state index contributed by atoms with van der Waals surface area (Å²) in [5.41, 5.74) is 0.452. The van der Waals surface area contributed by atoms with Crippen molar-refractivity contribution in [2.45, 2.75) is 44.9 Å². The normalized spacial score (nSPS) is 29.4. The van der Waals surface area contributed by atoms with E-state index in [4.69, 9.17) is 18.9 Å². The second-order valence-corrected chi connectivity index (χ2v) is 8.99. The molecule has 6 heteroatoms. The summed E-state index contributed by atoms with van der Waals surface area (Å²) in [6.07, 6.45) is 6.87. The van der Waals surface area contributed by atoms with Crippen LogP contribution in [0.15, 0.2) is 12.1 Å². The Kier molecular flexibility index (Phi) is 5.45. The summed E-state index contributed by atoms with van der Waals surface area (Å²) in [5.74, 6) is 3.23. The number of carbonyl (C=O) groups is 2. The molecule has 0 atom stereocenters. The number of hydrogen-bond acceptors (Lipinski definition) is 6. The minimum atomic E-state index is -0.419. The van der Waals surface area contributed by atoms with Gasteiger partial charge in [0.2, 0.25) is 5.75 Å². The van der Waals surface area contributed by atoms with Crippen molar-refractivity contribution in [3.05, 3.63) is 17.7 Å². The van der Waals surface area contributed by atoms with E-state index in [0.717, 1.165) is 19.3 Å². The number of carbonyl (C=O) groups excluding carboxylic acids is 2. The van der Waals surface area contributed by atoms with E-state index in [1.165, 1.54) is 40.6 Å². The van der Waals surface area contributed by atoms with E-state index in [1.807, 2.05) is 0 Å². The lowest BCUT2D eigenvalue weighted by atomic mass is 9.48. The lowest BCUT2D eigenvalue weighted by Gasteiger charge is -2.55. The second kappa shape index (κ2) is 7.88. The number of methoxy groups -OCH3 is 3. The molecular formula is C23H30O6. The third kappa shape index (κ3) is 3.81. The molecule has 0 spiro atoms. The van der Waals surface area contributed by atoms with E-state index in [-0.39, 0.29) is 24.2 Å². The Bertz CT molecular complexity index is 738. The number of hydrogen-bond donors (Lipinski definition) is 0. The van der Waals surface area contributed by atoms with Crippen molar-refractivity contribution in [1.82, 2.24) is 0 Å². The van der Waals surface area contributed by atoms with E-state index in [0.29, 0.717) is 40.6 Å². The zero-order chi connectivity index (χ0) is 20.6. The number of benzene rings is 1. The monoisotopic (exact) mass is 402 g/mol. The van der Waals surface area contributed by atoms with Gasteiger partial charge in [-0.05, 0) is 74.0 Å². The highest BCUT2D eigenvalue weighted by Crippen LogP contribution is 2.60. The molecule has 0 N–H and O–H groups in total. The first kappa shape index (κ1) is 20.0. The van der Waals surface area contributed by atoms with Gasteiger partial charge in [0.05, 0.1) is 27.8 Å². The molecule has 4 aliphatic rings. The molecule has 0 aromatic heterocycles. The van der Waals surface area contributed by atoms with E-state index in [9.17, 15) is 9.59 Å². The zero-order valence-electron chi connectivity index (χ0n) is 17.5. The molecular weight excluding hydrogens is 372 g/mol. The Labute approximate surface area is 171 Å². The van der Waals surface area contributed by atoms with Crippen LogP contribution in [0, 0.1) is 23.2 Å². The molecule has 4 fully saturated rings.